The molecular weight excluding hydrogens is 398 g/mol. The van der Waals surface area contributed by atoms with Crippen LogP contribution in [0.4, 0.5) is 36.8 Å². The smallest absolute Gasteiger partial charge is 0.350 e. The first kappa shape index (κ1) is 19.6. The summed E-state index contributed by atoms with van der Waals surface area (Å²) in [5.74, 6) is -11.0. The van der Waals surface area contributed by atoms with Crippen molar-refractivity contribution >= 4 is 27.6 Å². The number of anilines is 1. The summed E-state index contributed by atoms with van der Waals surface area (Å²) in [5.41, 5.74) is -1.46. The van der Waals surface area contributed by atoms with Crippen molar-refractivity contribution in [3.05, 3.63) is 28.2 Å². The molecule has 0 aromatic heterocycles. The summed E-state index contributed by atoms with van der Waals surface area (Å²) in [6.07, 6.45) is -6.19. The van der Waals surface area contributed by atoms with Crippen LogP contribution in [0.25, 0.3) is 0 Å². The van der Waals surface area contributed by atoms with Crippen molar-refractivity contribution in [2.24, 2.45) is 0 Å². The third-order valence-electron chi connectivity index (χ3n) is 2.71. The Morgan fingerprint density at radius 3 is 2.22 bits per heavy atom. The first-order chi connectivity index (χ1) is 10.3. The standard InChI is InChI=1S/C12H11BrF6N2O2/c1-2-20-9(22)21-8-4-3-6(5-7(8)13)10(14,15)11(16,23)12(17,18)19/h3-5,23H,2H2,1H3,(H2,20,21,22). The molecule has 2 amide bonds. The summed E-state index contributed by atoms with van der Waals surface area (Å²) in [7, 11) is 0. The predicted octanol–water partition coefficient (Wildman–Crippen LogP) is 3.90. The third-order valence-corrected chi connectivity index (χ3v) is 3.36. The highest BCUT2D eigenvalue weighted by molar-refractivity contribution is 9.10. The number of urea groups is 1. The number of nitrogens with one attached hydrogen (secondary N) is 2. The topological polar surface area (TPSA) is 61.4 Å². The molecule has 1 aromatic rings. The monoisotopic (exact) mass is 408 g/mol. The number of hydrogen-bond donors (Lipinski definition) is 3. The second-order valence-electron chi connectivity index (χ2n) is 4.37. The lowest BCUT2D eigenvalue weighted by Gasteiger charge is -2.30. The van der Waals surface area contributed by atoms with Crippen LogP contribution < -0.4 is 10.6 Å². The Hall–Kier alpha value is -1.49. The van der Waals surface area contributed by atoms with E-state index in [0.717, 1.165) is 6.07 Å². The van der Waals surface area contributed by atoms with Crippen molar-refractivity contribution in [2.75, 3.05) is 11.9 Å². The Labute approximate surface area is 135 Å². The van der Waals surface area contributed by atoms with E-state index in [2.05, 4.69) is 26.6 Å². The van der Waals surface area contributed by atoms with Crippen LogP contribution in [0.15, 0.2) is 22.7 Å². The molecule has 23 heavy (non-hydrogen) atoms. The molecule has 0 radical (unpaired) electrons. The van der Waals surface area contributed by atoms with Gasteiger partial charge in [0.25, 0.3) is 0 Å². The molecule has 1 unspecified atom stereocenters. The number of benzene rings is 1. The Morgan fingerprint density at radius 1 is 1.22 bits per heavy atom. The molecule has 130 valence electrons. The van der Waals surface area contributed by atoms with Gasteiger partial charge in [-0.25, -0.2) is 4.79 Å². The Morgan fingerprint density at radius 2 is 1.78 bits per heavy atom. The zero-order valence-electron chi connectivity index (χ0n) is 11.4. The molecule has 0 saturated heterocycles. The molecule has 1 atom stereocenters. The van der Waals surface area contributed by atoms with E-state index in [0.29, 0.717) is 12.1 Å². The predicted molar refractivity (Wildman–Crippen MR) is 72.8 cm³/mol. The van der Waals surface area contributed by atoms with Gasteiger partial charge in [0.2, 0.25) is 0 Å². The zero-order chi connectivity index (χ0) is 18.1. The summed E-state index contributed by atoms with van der Waals surface area (Å²) in [5, 5.41) is 13.2. The summed E-state index contributed by atoms with van der Waals surface area (Å²) in [4.78, 5) is 11.3. The van der Waals surface area contributed by atoms with Crippen LogP contribution in [0, 0.1) is 0 Å². The Balaban J connectivity index is 3.16. The summed E-state index contributed by atoms with van der Waals surface area (Å²) in [6, 6.07) is 1.10. The van der Waals surface area contributed by atoms with Gasteiger partial charge in [-0.2, -0.15) is 26.3 Å². The minimum atomic E-state index is -6.19. The summed E-state index contributed by atoms with van der Waals surface area (Å²) >= 11 is 2.78. The molecule has 0 aliphatic carbocycles. The highest BCUT2D eigenvalue weighted by atomic mass is 79.9. The van der Waals surface area contributed by atoms with E-state index >= 15 is 0 Å². The maximum Gasteiger partial charge on any atom is 0.455 e. The number of alkyl halides is 6. The molecule has 0 fully saturated rings. The number of halogens is 7. The SMILES string of the molecule is CCNC(=O)Nc1ccc(C(F)(F)C(O)(F)C(F)(F)F)cc1Br. The van der Waals surface area contributed by atoms with Gasteiger partial charge in [-0.3, -0.25) is 0 Å². The van der Waals surface area contributed by atoms with Gasteiger partial charge in [0.1, 0.15) is 0 Å². The molecule has 0 saturated carbocycles. The zero-order valence-corrected chi connectivity index (χ0v) is 13.0. The number of carbonyl (C=O) groups excluding carboxylic acids is 1. The van der Waals surface area contributed by atoms with Crippen LogP contribution in [0.3, 0.4) is 0 Å². The molecule has 0 bridgehead atoms. The number of amides is 2. The second-order valence-corrected chi connectivity index (χ2v) is 5.23. The first-order valence-electron chi connectivity index (χ1n) is 6.05. The van der Waals surface area contributed by atoms with Crippen molar-refractivity contribution in [2.45, 2.75) is 24.9 Å². The van der Waals surface area contributed by atoms with Gasteiger partial charge < -0.3 is 15.7 Å². The number of aliphatic hydroxyl groups is 1. The quantitative estimate of drug-likeness (QED) is 0.661. The fourth-order valence-corrected chi connectivity index (χ4v) is 1.99. The number of hydrogen-bond acceptors (Lipinski definition) is 2. The molecular formula is C12H11BrF6N2O2. The minimum absolute atomic E-state index is 0.0371. The molecule has 4 nitrogen and oxygen atoms in total. The second kappa shape index (κ2) is 6.56. The maximum absolute atomic E-state index is 13.7. The van der Waals surface area contributed by atoms with Crippen LogP contribution >= 0.6 is 15.9 Å². The van der Waals surface area contributed by atoms with Gasteiger partial charge in [0.05, 0.1) is 5.69 Å². The lowest BCUT2D eigenvalue weighted by molar-refractivity contribution is -0.390. The normalized spacial score (nSPS) is 15.0. The first-order valence-corrected chi connectivity index (χ1v) is 6.84. The molecule has 0 heterocycles. The lowest BCUT2D eigenvalue weighted by atomic mass is 10.0. The van der Waals surface area contributed by atoms with Crippen molar-refractivity contribution in [1.29, 1.82) is 0 Å². The van der Waals surface area contributed by atoms with Crippen molar-refractivity contribution in [3.8, 4) is 0 Å². The molecule has 0 aliphatic rings. The van der Waals surface area contributed by atoms with Gasteiger partial charge in [0.15, 0.2) is 0 Å². The fourth-order valence-electron chi connectivity index (χ4n) is 1.51. The van der Waals surface area contributed by atoms with Crippen LogP contribution in [-0.2, 0) is 5.92 Å². The molecule has 0 aliphatic heterocycles. The summed E-state index contributed by atoms with van der Waals surface area (Å²) < 4.78 is 77.1. The Kier molecular flexibility index (Phi) is 5.57. The van der Waals surface area contributed by atoms with Gasteiger partial charge in [0, 0.05) is 16.6 Å². The van der Waals surface area contributed by atoms with E-state index in [4.69, 9.17) is 5.11 Å². The van der Waals surface area contributed by atoms with Crippen molar-refractivity contribution < 1.29 is 36.2 Å². The number of carbonyl (C=O) groups is 1. The molecule has 11 heteroatoms. The average molecular weight is 409 g/mol. The fraction of sp³-hybridized carbons (Fsp3) is 0.417. The number of rotatable bonds is 4. The van der Waals surface area contributed by atoms with Crippen molar-refractivity contribution in [3.63, 3.8) is 0 Å². The Bertz CT molecular complexity index is 591. The minimum Gasteiger partial charge on any atom is -0.350 e. The van der Waals surface area contributed by atoms with Gasteiger partial charge in [-0.05, 0) is 35.0 Å². The highest BCUT2D eigenvalue weighted by Gasteiger charge is 2.71. The molecule has 0 spiro atoms. The van der Waals surface area contributed by atoms with Gasteiger partial charge in [-0.1, -0.05) is 6.07 Å². The van der Waals surface area contributed by atoms with E-state index in [1.54, 1.807) is 6.92 Å². The van der Waals surface area contributed by atoms with E-state index < -0.39 is 29.5 Å². The van der Waals surface area contributed by atoms with E-state index in [9.17, 15) is 31.1 Å². The van der Waals surface area contributed by atoms with Crippen LogP contribution in [0.1, 0.15) is 12.5 Å². The molecule has 1 rings (SSSR count). The lowest BCUT2D eigenvalue weighted by Crippen LogP contribution is -2.53. The summed E-state index contributed by atoms with van der Waals surface area (Å²) in [6.45, 7) is 1.90. The third kappa shape index (κ3) is 3.89. The van der Waals surface area contributed by atoms with Crippen molar-refractivity contribution in [1.82, 2.24) is 5.32 Å². The maximum atomic E-state index is 13.7. The largest absolute Gasteiger partial charge is 0.455 e. The van der Waals surface area contributed by atoms with Gasteiger partial charge >= 0.3 is 24.0 Å². The van der Waals surface area contributed by atoms with Crippen LogP contribution in [0.5, 0.6) is 0 Å². The molecule has 3 N–H and O–H groups in total. The average Bonchev–Trinajstić information content (AvgIpc) is 2.39. The van der Waals surface area contributed by atoms with E-state index in [1.165, 1.54) is 0 Å². The molecule has 1 aromatic carbocycles. The van der Waals surface area contributed by atoms with Crippen LogP contribution in [0.2, 0.25) is 0 Å². The van der Waals surface area contributed by atoms with Crippen LogP contribution in [-0.4, -0.2) is 29.7 Å². The van der Waals surface area contributed by atoms with Gasteiger partial charge in [-0.15, -0.1) is 0 Å². The highest BCUT2D eigenvalue weighted by Crippen LogP contribution is 2.49. The van der Waals surface area contributed by atoms with E-state index in [1.807, 2.05) is 0 Å². The van der Waals surface area contributed by atoms with E-state index in [-0.39, 0.29) is 16.7 Å².